The van der Waals surface area contributed by atoms with E-state index in [0.29, 0.717) is 13.0 Å². The molecule has 0 spiro atoms. The molecule has 0 amide bonds. The van der Waals surface area contributed by atoms with Crippen molar-refractivity contribution in [1.82, 2.24) is 14.8 Å². The quantitative estimate of drug-likeness (QED) is 0.371. The average Bonchev–Trinajstić information content (AvgIpc) is 2.19. The molecule has 0 aliphatic rings. The van der Waals surface area contributed by atoms with Gasteiger partial charge in [-0.25, -0.2) is 5.10 Å². The minimum absolute atomic E-state index is 0.294. The van der Waals surface area contributed by atoms with E-state index in [1.807, 2.05) is 5.10 Å². The van der Waals surface area contributed by atoms with Crippen LogP contribution in [0.15, 0.2) is 14.7 Å². The van der Waals surface area contributed by atoms with Gasteiger partial charge in [0.2, 0.25) is 6.33 Å². The van der Waals surface area contributed by atoms with Crippen LogP contribution in [0.1, 0.15) is 6.42 Å². The molecule has 7 nitrogen and oxygen atoms in total. The molecule has 0 fully saturated rings. The number of aromatic amines is 1. The summed E-state index contributed by atoms with van der Waals surface area (Å²) in [5, 5.41) is 8.84. The molecule has 1 rings (SSSR count). The first-order valence-electron chi connectivity index (χ1n) is 3.88. The lowest BCUT2D eigenvalue weighted by Gasteiger charge is -1.97. The van der Waals surface area contributed by atoms with Gasteiger partial charge in [-0.1, -0.05) is 5.16 Å². The molecule has 0 bridgehead atoms. The third kappa shape index (κ3) is 2.54. The van der Waals surface area contributed by atoms with Crippen molar-refractivity contribution in [3.8, 4) is 0 Å². The van der Waals surface area contributed by atoms with Gasteiger partial charge in [0.1, 0.15) is 7.11 Å². The molecule has 0 saturated heterocycles. The fourth-order valence-corrected chi connectivity index (χ4v) is 0.818. The summed E-state index contributed by atoms with van der Waals surface area (Å²) < 4.78 is 1.08. The summed E-state index contributed by atoms with van der Waals surface area (Å²) in [6, 6.07) is 0. The fourth-order valence-electron chi connectivity index (χ4n) is 0.818. The zero-order valence-electron chi connectivity index (χ0n) is 7.56. The minimum atomic E-state index is -0.757. The maximum Gasteiger partial charge on any atom is 0.330 e. The molecule has 75 valence electrons. The Morgan fingerprint density at radius 1 is 1.71 bits per heavy atom. The third-order valence-corrected chi connectivity index (χ3v) is 1.43. The summed E-state index contributed by atoms with van der Waals surface area (Å²) >= 11 is 0. The number of hydrogen-bond donors (Lipinski definition) is 1. The molecule has 14 heavy (non-hydrogen) atoms. The van der Waals surface area contributed by atoms with Crippen LogP contribution in [0.5, 0.6) is 0 Å². The highest BCUT2D eigenvalue weighted by Crippen LogP contribution is 1.79. The van der Waals surface area contributed by atoms with Gasteiger partial charge in [0, 0.05) is 19.2 Å². The highest BCUT2D eigenvalue weighted by Gasteiger charge is 1.98. The standard InChI is InChI=1S/C7H9N4O3/c1-14-9-3-2-4-11-5-8-10-6(12)7(11)13/h3H,2,4H2,1H3,(H,10,12)/b9-3+. The summed E-state index contributed by atoms with van der Waals surface area (Å²) in [5.41, 5.74) is -1.43. The third-order valence-electron chi connectivity index (χ3n) is 1.43. The van der Waals surface area contributed by atoms with Crippen LogP contribution in [0, 0.1) is 6.33 Å². The molecular formula is C7H9N4O3. The number of nitrogens with zero attached hydrogens (tertiary/aromatic N) is 3. The molecule has 0 aliphatic carbocycles. The van der Waals surface area contributed by atoms with Gasteiger partial charge in [0.05, 0.1) is 0 Å². The normalized spacial score (nSPS) is 10.6. The average molecular weight is 197 g/mol. The van der Waals surface area contributed by atoms with Gasteiger partial charge in [-0.05, 0) is 0 Å². The van der Waals surface area contributed by atoms with E-state index < -0.39 is 11.1 Å². The number of H-pyrrole nitrogens is 1. The first-order valence-corrected chi connectivity index (χ1v) is 3.88. The van der Waals surface area contributed by atoms with E-state index in [1.54, 1.807) is 0 Å². The van der Waals surface area contributed by atoms with Gasteiger partial charge in [0.25, 0.3) is 0 Å². The number of rotatable bonds is 4. The van der Waals surface area contributed by atoms with Crippen LogP contribution in [0.3, 0.4) is 0 Å². The van der Waals surface area contributed by atoms with Crippen LogP contribution >= 0.6 is 0 Å². The molecule has 1 heterocycles. The highest BCUT2D eigenvalue weighted by molar-refractivity contribution is 5.55. The van der Waals surface area contributed by atoms with E-state index in [1.165, 1.54) is 13.3 Å². The smallest absolute Gasteiger partial charge is 0.330 e. The maximum atomic E-state index is 11.1. The summed E-state index contributed by atoms with van der Waals surface area (Å²) in [6.45, 7) is 0.294. The predicted molar refractivity (Wildman–Crippen MR) is 48.1 cm³/mol. The van der Waals surface area contributed by atoms with E-state index in [0.717, 1.165) is 4.57 Å². The number of oxime groups is 1. The van der Waals surface area contributed by atoms with Crippen LogP contribution in [-0.4, -0.2) is 28.1 Å². The molecule has 0 aromatic carbocycles. The number of hydrogen-bond acceptors (Lipinski definition) is 5. The van der Waals surface area contributed by atoms with Crippen LogP contribution in [0.2, 0.25) is 0 Å². The zero-order chi connectivity index (χ0) is 10.4. The molecule has 0 atom stereocenters. The Hall–Kier alpha value is -1.92. The lowest BCUT2D eigenvalue weighted by atomic mass is 10.4. The lowest BCUT2D eigenvalue weighted by molar-refractivity contribution is 0.214. The Morgan fingerprint density at radius 3 is 3.21 bits per heavy atom. The van der Waals surface area contributed by atoms with Crippen LogP contribution in [-0.2, 0) is 11.4 Å². The first kappa shape index (κ1) is 10.2. The maximum absolute atomic E-state index is 11.1. The summed E-state index contributed by atoms with van der Waals surface area (Å²) in [5.74, 6) is 0. The van der Waals surface area contributed by atoms with Crippen LogP contribution in [0.4, 0.5) is 0 Å². The topological polar surface area (TPSA) is 89.3 Å². The second-order valence-electron chi connectivity index (χ2n) is 2.37. The van der Waals surface area contributed by atoms with E-state index in [4.69, 9.17) is 0 Å². The monoisotopic (exact) mass is 197 g/mol. The Balaban J connectivity index is 2.69. The molecule has 1 N–H and O–H groups in total. The Labute approximate surface area is 79.0 Å². The van der Waals surface area contributed by atoms with Crippen molar-refractivity contribution in [1.29, 1.82) is 0 Å². The minimum Gasteiger partial charge on any atom is -0.399 e. The second-order valence-corrected chi connectivity index (χ2v) is 2.37. The zero-order valence-corrected chi connectivity index (χ0v) is 7.56. The molecule has 0 unspecified atom stereocenters. The molecule has 1 radical (unpaired) electrons. The molecule has 0 aliphatic heterocycles. The summed E-state index contributed by atoms with van der Waals surface area (Å²) in [7, 11) is 1.42. The van der Waals surface area contributed by atoms with Gasteiger partial charge in [0.15, 0.2) is 0 Å². The Bertz CT molecular complexity index is 419. The first-order chi connectivity index (χ1) is 6.75. The Kier molecular flexibility index (Phi) is 3.59. The van der Waals surface area contributed by atoms with Crippen LogP contribution < -0.4 is 11.1 Å². The molecular weight excluding hydrogens is 188 g/mol. The highest BCUT2D eigenvalue weighted by atomic mass is 16.6. The largest absolute Gasteiger partial charge is 0.399 e. The van der Waals surface area contributed by atoms with Gasteiger partial charge in [-0.15, -0.1) is 0 Å². The van der Waals surface area contributed by atoms with Crippen molar-refractivity contribution in [2.45, 2.75) is 13.0 Å². The van der Waals surface area contributed by atoms with Crippen LogP contribution in [0.25, 0.3) is 0 Å². The van der Waals surface area contributed by atoms with E-state index in [-0.39, 0.29) is 0 Å². The second kappa shape index (κ2) is 4.95. The van der Waals surface area contributed by atoms with Crippen molar-refractivity contribution < 1.29 is 4.84 Å². The Morgan fingerprint density at radius 2 is 2.50 bits per heavy atom. The van der Waals surface area contributed by atoms with Crippen molar-refractivity contribution in [3.05, 3.63) is 27.0 Å². The number of aromatic nitrogens is 3. The molecule has 1 aromatic heterocycles. The molecule has 7 heteroatoms. The van der Waals surface area contributed by atoms with Gasteiger partial charge < -0.3 is 4.84 Å². The van der Waals surface area contributed by atoms with Crippen molar-refractivity contribution in [3.63, 3.8) is 0 Å². The number of aryl methyl sites for hydroxylation is 1. The molecule has 0 saturated carbocycles. The van der Waals surface area contributed by atoms with Crippen molar-refractivity contribution >= 4 is 6.21 Å². The van der Waals surface area contributed by atoms with Gasteiger partial charge in [-0.3, -0.25) is 14.2 Å². The predicted octanol–water partition coefficient (Wildman–Crippen LogP) is -1.25. The van der Waals surface area contributed by atoms with Gasteiger partial charge in [-0.2, -0.15) is 5.10 Å². The van der Waals surface area contributed by atoms with E-state index in [2.05, 4.69) is 21.4 Å². The fraction of sp³-hybridized carbons (Fsp3) is 0.429. The van der Waals surface area contributed by atoms with Gasteiger partial charge >= 0.3 is 11.1 Å². The van der Waals surface area contributed by atoms with E-state index >= 15 is 0 Å². The van der Waals surface area contributed by atoms with E-state index in [9.17, 15) is 9.59 Å². The lowest BCUT2D eigenvalue weighted by Crippen LogP contribution is -2.37. The van der Waals surface area contributed by atoms with Crippen molar-refractivity contribution in [2.24, 2.45) is 5.16 Å². The summed E-state index contributed by atoms with van der Waals surface area (Å²) in [6.07, 6.45) is 4.31. The molecule has 1 aromatic rings. The van der Waals surface area contributed by atoms with Crippen molar-refractivity contribution in [2.75, 3.05) is 7.11 Å². The number of nitrogens with one attached hydrogen (secondary N) is 1. The SMILES string of the molecule is CO/N=C/CCn1[c]n[nH]c(=O)c1=O. The summed E-state index contributed by atoms with van der Waals surface area (Å²) in [4.78, 5) is 26.3.